The van der Waals surface area contributed by atoms with E-state index in [-0.39, 0.29) is 12.5 Å². The van der Waals surface area contributed by atoms with Crippen LogP contribution in [0.1, 0.15) is 19.6 Å². The topological polar surface area (TPSA) is 63.8 Å². The Bertz CT molecular complexity index is 330. The van der Waals surface area contributed by atoms with Crippen LogP contribution in [0.5, 0.6) is 0 Å². The van der Waals surface area contributed by atoms with Crippen molar-refractivity contribution >= 4 is 11.6 Å². The summed E-state index contributed by atoms with van der Waals surface area (Å²) in [6.07, 6.45) is 1.55. The Morgan fingerprint density at radius 1 is 1.67 bits per heavy atom. The fourth-order valence-corrected chi connectivity index (χ4v) is 0.913. The van der Waals surface area contributed by atoms with Crippen molar-refractivity contribution in [1.29, 1.82) is 0 Å². The van der Waals surface area contributed by atoms with Crippen LogP contribution in [-0.2, 0) is 9.53 Å². The van der Waals surface area contributed by atoms with Gasteiger partial charge in [0.2, 0.25) is 0 Å². The van der Waals surface area contributed by atoms with Crippen LogP contribution >= 0.6 is 0 Å². The van der Waals surface area contributed by atoms with Gasteiger partial charge in [-0.3, -0.25) is 4.79 Å². The second-order valence-corrected chi connectivity index (χ2v) is 2.85. The quantitative estimate of drug-likeness (QED) is 0.585. The van der Waals surface area contributed by atoms with Crippen LogP contribution < -0.4 is 5.43 Å². The highest BCUT2D eigenvalue weighted by atomic mass is 16.5. The van der Waals surface area contributed by atoms with Gasteiger partial charge in [0, 0.05) is 6.61 Å². The molecule has 1 rings (SSSR count). The fraction of sp³-hybridized carbons (Fsp3) is 0.400. The molecule has 0 aliphatic rings. The monoisotopic (exact) mass is 210 g/mol. The predicted octanol–water partition coefficient (Wildman–Crippen LogP) is 1.16. The lowest BCUT2D eigenvalue weighted by molar-refractivity contribution is -0.125. The van der Waals surface area contributed by atoms with Crippen molar-refractivity contribution < 1.29 is 13.9 Å². The number of nitrogens with one attached hydrogen (secondary N) is 1. The van der Waals surface area contributed by atoms with Gasteiger partial charge in [0.15, 0.2) is 0 Å². The van der Waals surface area contributed by atoms with E-state index in [4.69, 9.17) is 9.15 Å². The van der Waals surface area contributed by atoms with E-state index in [1.807, 2.05) is 6.92 Å². The Hall–Kier alpha value is -1.62. The van der Waals surface area contributed by atoms with E-state index in [9.17, 15) is 4.79 Å². The smallest absolute Gasteiger partial charge is 0.266 e. The molecule has 0 unspecified atom stereocenters. The van der Waals surface area contributed by atoms with Gasteiger partial charge in [-0.2, -0.15) is 5.10 Å². The molecule has 0 aliphatic carbocycles. The van der Waals surface area contributed by atoms with Crippen molar-refractivity contribution in [3.05, 3.63) is 24.2 Å². The number of carbonyl (C=O) groups is 1. The Kier molecular flexibility index (Phi) is 4.56. The van der Waals surface area contributed by atoms with Gasteiger partial charge < -0.3 is 9.15 Å². The van der Waals surface area contributed by atoms with Crippen LogP contribution in [0.15, 0.2) is 27.9 Å². The summed E-state index contributed by atoms with van der Waals surface area (Å²) in [6, 6.07) is 3.53. The van der Waals surface area contributed by atoms with Crippen molar-refractivity contribution in [3.8, 4) is 0 Å². The molecule has 1 amide bonds. The van der Waals surface area contributed by atoms with Crippen molar-refractivity contribution in [3.63, 3.8) is 0 Å². The number of hydrazone groups is 1. The molecule has 1 N–H and O–H groups in total. The fourth-order valence-electron chi connectivity index (χ4n) is 0.913. The molecule has 0 saturated carbocycles. The number of amides is 1. The zero-order valence-corrected chi connectivity index (χ0v) is 8.82. The van der Waals surface area contributed by atoms with Crippen molar-refractivity contribution in [2.24, 2.45) is 5.10 Å². The van der Waals surface area contributed by atoms with Crippen LogP contribution in [0.2, 0.25) is 0 Å². The van der Waals surface area contributed by atoms with Crippen molar-refractivity contribution in [2.45, 2.75) is 13.8 Å². The molecule has 15 heavy (non-hydrogen) atoms. The van der Waals surface area contributed by atoms with E-state index in [0.29, 0.717) is 18.1 Å². The third kappa shape index (κ3) is 3.95. The summed E-state index contributed by atoms with van der Waals surface area (Å²) in [5.74, 6) is 0.356. The predicted molar refractivity (Wildman–Crippen MR) is 55.6 cm³/mol. The van der Waals surface area contributed by atoms with Crippen LogP contribution in [-0.4, -0.2) is 24.8 Å². The molecule has 0 bridgehead atoms. The summed E-state index contributed by atoms with van der Waals surface area (Å²) in [5, 5.41) is 3.86. The molecule has 1 heterocycles. The molecular formula is C10H14N2O3. The highest BCUT2D eigenvalue weighted by Crippen LogP contribution is 2.00. The van der Waals surface area contributed by atoms with Gasteiger partial charge in [0.1, 0.15) is 18.1 Å². The lowest BCUT2D eigenvalue weighted by Crippen LogP contribution is -2.24. The standard InChI is InChI=1S/C10H14N2O3/c1-3-14-7-10(13)12-11-8(2)9-5-4-6-15-9/h4-6H,3,7H2,1-2H3,(H,12,13)/b11-8+. The van der Waals surface area contributed by atoms with E-state index in [1.54, 1.807) is 25.3 Å². The number of nitrogens with zero attached hydrogens (tertiary/aromatic N) is 1. The van der Waals surface area contributed by atoms with Gasteiger partial charge in [-0.15, -0.1) is 0 Å². The first-order valence-electron chi connectivity index (χ1n) is 4.68. The molecule has 0 fully saturated rings. The molecule has 0 atom stereocenters. The van der Waals surface area contributed by atoms with Crippen molar-refractivity contribution in [2.75, 3.05) is 13.2 Å². The number of rotatable bonds is 5. The van der Waals surface area contributed by atoms with Crippen LogP contribution in [0, 0.1) is 0 Å². The minimum Gasteiger partial charge on any atom is -0.463 e. The van der Waals surface area contributed by atoms with Crippen LogP contribution in [0.3, 0.4) is 0 Å². The Balaban J connectivity index is 2.40. The highest BCUT2D eigenvalue weighted by molar-refractivity contribution is 5.96. The molecule has 1 aromatic rings. The lowest BCUT2D eigenvalue weighted by Gasteiger charge is -2.00. The Morgan fingerprint density at radius 3 is 3.07 bits per heavy atom. The molecule has 0 spiro atoms. The summed E-state index contributed by atoms with van der Waals surface area (Å²) < 4.78 is 10.0. The summed E-state index contributed by atoms with van der Waals surface area (Å²) in [7, 11) is 0. The number of hydrogen-bond acceptors (Lipinski definition) is 4. The number of ether oxygens (including phenoxy) is 1. The second kappa shape index (κ2) is 5.98. The van der Waals surface area contributed by atoms with Gasteiger partial charge in [-0.1, -0.05) is 0 Å². The Morgan fingerprint density at radius 2 is 2.47 bits per heavy atom. The average Bonchev–Trinajstić information content (AvgIpc) is 2.76. The third-order valence-electron chi connectivity index (χ3n) is 1.66. The zero-order chi connectivity index (χ0) is 11.1. The number of hydrogen-bond donors (Lipinski definition) is 1. The van der Waals surface area contributed by atoms with Gasteiger partial charge in [-0.05, 0) is 26.0 Å². The van der Waals surface area contributed by atoms with Gasteiger partial charge in [0.05, 0.1) is 6.26 Å². The molecule has 0 radical (unpaired) electrons. The minimum atomic E-state index is -0.275. The molecule has 5 nitrogen and oxygen atoms in total. The maximum absolute atomic E-state index is 11.1. The third-order valence-corrected chi connectivity index (χ3v) is 1.66. The first kappa shape index (κ1) is 11.5. The zero-order valence-electron chi connectivity index (χ0n) is 8.82. The first-order valence-corrected chi connectivity index (χ1v) is 4.68. The largest absolute Gasteiger partial charge is 0.463 e. The molecule has 82 valence electrons. The van der Waals surface area contributed by atoms with E-state index >= 15 is 0 Å². The van der Waals surface area contributed by atoms with Gasteiger partial charge in [-0.25, -0.2) is 5.43 Å². The molecule has 0 aromatic carbocycles. The van der Waals surface area contributed by atoms with E-state index in [0.717, 1.165) is 0 Å². The van der Waals surface area contributed by atoms with Crippen LogP contribution in [0.4, 0.5) is 0 Å². The molecule has 0 aliphatic heterocycles. The molecular weight excluding hydrogens is 196 g/mol. The molecule has 0 saturated heterocycles. The molecule has 1 aromatic heterocycles. The summed E-state index contributed by atoms with van der Waals surface area (Å²) in [6.45, 7) is 4.10. The van der Waals surface area contributed by atoms with E-state index < -0.39 is 0 Å². The van der Waals surface area contributed by atoms with Crippen LogP contribution in [0.25, 0.3) is 0 Å². The second-order valence-electron chi connectivity index (χ2n) is 2.85. The minimum absolute atomic E-state index is 0.0193. The summed E-state index contributed by atoms with van der Waals surface area (Å²) in [4.78, 5) is 11.1. The van der Waals surface area contributed by atoms with E-state index in [2.05, 4.69) is 10.5 Å². The Labute approximate surface area is 88.1 Å². The SMILES string of the molecule is CCOCC(=O)N/N=C(\C)c1ccco1. The maximum Gasteiger partial charge on any atom is 0.266 e. The van der Waals surface area contributed by atoms with Crippen molar-refractivity contribution in [1.82, 2.24) is 5.43 Å². The lowest BCUT2D eigenvalue weighted by atomic mass is 10.3. The highest BCUT2D eigenvalue weighted by Gasteiger charge is 2.02. The average molecular weight is 210 g/mol. The maximum atomic E-state index is 11.1. The number of furan rings is 1. The number of carbonyl (C=O) groups excluding carboxylic acids is 1. The normalized spacial score (nSPS) is 11.5. The van der Waals surface area contributed by atoms with Gasteiger partial charge in [0.25, 0.3) is 5.91 Å². The summed E-state index contributed by atoms with van der Waals surface area (Å²) in [5.41, 5.74) is 2.99. The van der Waals surface area contributed by atoms with Gasteiger partial charge >= 0.3 is 0 Å². The first-order chi connectivity index (χ1) is 7.24. The van der Waals surface area contributed by atoms with E-state index in [1.165, 1.54) is 0 Å². The molecule has 5 heteroatoms. The summed E-state index contributed by atoms with van der Waals surface area (Å²) >= 11 is 0.